The highest BCUT2D eigenvalue weighted by Crippen LogP contribution is 2.33. The first-order chi connectivity index (χ1) is 16.9. The fourth-order valence-corrected chi connectivity index (χ4v) is 4.44. The number of thioether (sulfide) groups is 1. The van der Waals surface area contributed by atoms with Crippen LogP contribution in [0, 0.1) is 0 Å². The number of nitrogen functional groups attached to an aromatic ring is 1. The van der Waals surface area contributed by atoms with Gasteiger partial charge in [0, 0.05) is 19.7 Å². The second-order valence-corrected chi connectivity index (χ2v) is 8.77. The van der Waals surface area contributed by atoms with E-state index < -0.39 is 0 Å². The quantitative estimate of drug-likeness (QED) is 0.279. The molecule has 0 bridgehead atoms. The van der Waals surface area contributed by atoms with Gasteiger partial charge < -0.3 is 25.0 Å². The number of benzene rings is 3. The Morgan fingerprint density at radius 2 is 1.63 bits per heavy atom. The fraction of sp³-hybridized carbons (Fsp3) is 0.240. The summed E-state index contributed by atoms with van der Waals surface area (Å²) in [6.07, 6.45) is 0. The normalized spacial score (nSPS) is 10.9. The zero-order chi connectivity index (χ0) is 24.9. The number of rotatable bonds is 9. The van der Waals surface area contributed by atoms with E-state index in [1.54, 1.807) is 51.5 Å². The molecular weight excluding hydrogens is 466 g/mol. The Morgan fingerprint density at radius 3 is 2.37 bits per heavy atom. The van der Waals surface area contributed by atoms with E-state index in [1.165, 1.54) is 16.4 Å². The minimum Gasteiger partial charge on any atom is -0.497 e. The molecule has 0 atom stereocenters. The van der Waals surface area contributed by atoms with Crippen molar-refractivity contribution < 1.29 is 19.0 Å². The number of nitrogens with two attached hydrogens (primary N) is 1. The highest BCUT2D eigenvalue weighted by molar-refractivity contribution is 7.99. The molecule has 182 valence electrons. The summed E-state index contributed by atoms with van der Waals surface area (Å²) >= 11 is 1.23. The van der Waals surface area contributed by atoms with Gasteiger partial charge in [0.15, 0.2) is 5.82 Å². The van der Waals surface area contributed by atoms with Gasteiger partial charge in [0.2, 0.25) is 11.1 Å². The van der Waals surface area contributed by atoms with Crippen LogP contribution in [0.3, 0.4) is 0 Å². The molecule has 0 saturated carbocycles. The number of nitrogens with zero attached hydrogens (tertiary/aromatic N) is 4. The molecule has 4 aromatic rings. The van der Waals surface area contributed by atoms with Crippen LogP contribution >= 0.6 is 11.8 Å². The lowest BCUT2D eigenvalue weighted by Gasteiger charge is -2.17. The number of carbonyl (C=O) groups is 1. The van der Waals surface area contributed by atoms with E-state index in [4.69, 9.17) is 20.1 Å². The van der Waals surface area contributed by atoms with Crippen LogP contribution in [-0.2, 0) is 11.3 Å². The molecule has 1 amide bonds. The molecule has 4 rings (SSSR count). The van der Waals surface area contributed by atoms with Crippen molar-refractivity contribution in [1.29, 1.82) is 0 Å². The summed E-state index contributed by atoms with van der Waals surface area (Å²) in [4.78, 5) is 14.5. The molecule has 0 unspecified atom stereocenters. The van der Waals surface area contributed by atoms with Gasteiger partial charge in [0.1, 0.15) is 17.2 Å². The van der Waals surface area contributed by atoms with Crippen LogP contribution in [0.4, 0.5) is 0 Å². The van der Waals surface area contributed by atoms with Gasteiger partial charge >= 0.3 is 0 Å². The van der Waals surface area contributed by atoms with Crippen LogP contribution in [0.1, 0.15) is 5.56 Å². The van der Waals surface area contributed by atoms with Crippen molar-refractivity contribution in [3.8, 4) is 28.6 Å². The second-order valence-electron chi connectivity index (χ2n) is 7.83. The number of ether oxygens (including phenoxy) is 3. The van der Waals surface area contributed by atoms with Gasteiger partial charge in [-0.25, -0.2) is 4.68 Å². The monoisotopic (exact) mass is 493 g/mol. The van der Waals surface area contributed by atoms with Crippen LogP contribution in [0.2, 0.25) is 0 Å². The molecule has 0 spiro atoms. The number of hydrogen-bond donors (Lipinski definition) is 1. The van der Waals surface area contributed by atoms with E-state index in [9.17, 15) is 4.79 Å². The first-order valence-corrected chi connectivity index (χ1v) is 11.8. The molecule has 10 heteroatoms. The average Bonchev–Trinajstić information content (AvgIpc) is 3.26. The van der Waals surface area contributed by atoms with Gasteiger partial charge in [-0.2, -0.15) is 0 Å². The van der Waals surface area contributed by atoms with Crippen LogP contribution < -0.4 is 20.1 Å². The smallest absolute Gasteiger partial charge is 0.233 e. The van der Waals surface area contributed by atoms with Crippen molar-refractivity contribution in [3.05, 3.63) is 60.2 Å². The summed E-state index contributed by atoms with van der Waals surface area (Å²) in [6, 6.07) is 17.4. The Morgan fingerprint density at radius 1 is 0.943 bits per heavy atom. The Labute approximate surface area is 207 Å². The molecular formula is C25H27N5O4S. The van der Waals surface area contributed by atoms with Gasteiger partial charge in [-0.05, 0) is 46.7 Å². The van der Waals surface area contributed by atoms with Crippen molar-refractivity contribution in [3.63, 3.8) is 0 Å². The highest BCUT2D eigenvalue weighted by Gasteiger charge is 2.19. The first-order valence-electron chi connectivity index (χ1n) is 10.8. The van der Waals surface area contributed by atoms with E-state index in [0.717, 1.165) is 22.1 Å². The molecule has 0 fully saturated rings. The zero-order valence-electron chi connectivity index (χ0n) is 20.0. The van der Waals surface area contributed by atoms with E-state index in [0.29, 0.717) is 34.6 Å². The summed E-state index contributed by atoms with van der Waals surface area (Å²) in [5, 5.41) is 11.0. The predicted molar refractivity (Wildman–Crippen MR) is 136 cm³/mol. The van der Waals surface area contributed by atoms with Crippen molar-refractivity contribution in [2.45, 2.75) is 11.7 Å². The van der Waals surface area contributed by atoms with Crippen LogP contribution in [-0.4, -0.2) is 59.8 Å². The minimum absolute atomic E-state index is 0.0450. The number of amides is 1. The number of carbonyl (C=O) groups excluding carboxylic acids is 1. The van der Waals surface area contributed by atoms with Gasteiger partial charge in [0.05, 0.1) is 32.6 Å². The number of fused-ring (bicyclic) bond motifs is 1. The summed E-state index contributed by atoms with van der Waals surface area (Å²) in [5.74, 6) is 8.83. The minimum atomic E-state index is -0.0450. The van der Waals surface area contributed by atoms with Crippen LogP contribution in [0.25, 0.3) is 22.2 Å². The van der Waals surface area contributed by atoms with Crippen LogP contribution in [0.15, 0.2) is 59.8 Å². The highest BCUT2D eigenvalue weighted by atomic mass is 32.2. The van der Waals surface area contributed by atoms with E-state index in [-0.39, 0.29) is 11.7 Å². The van der Waals surface area contributed by atoms with E-state index in [2.05, 4.69) is 16.3 Å². The lowest BCUT2D eigenvalue weighted by molar-refractivity contribution is -0.127. The number of methoxy groups -OCH3 is 3. The molecule has 9 nitrogen and oxygen atoms in total. The lowest BCUT2D eigenvalue weighted by Crippen LogP contribution is -2.28. The van der Waals surface area contributed by atoms with Crippen molar-refractivity contribution in [2.24, 2.45) is 0 Å². The molecule has 1 aromatic heterocycles. The Balaban J connectivity index is 1.41. The third-order valence-corrected chi connectivity index (χ3v) is 6.52. The second kappa shape index (κ2) is 10.6. The SMILES string of the molecule is COc1ccc(-c2nnc(SCC(=O)N(C)Cc3ccc4cc(OC)ccc4c3)n2N)c(OC)c1. The topological polar surface area (TPSA) is 105 Å². The third-order valence-electron chi connectivity index (χ3n) is 5.60. The maximum absolute atomic E-state index is 12.8. The fourth-order valence-electron chi connectivity index (χ4n) is 3.64. The Bertz CT molecular complexity index is 1360. The van der Waals surface area contributed by atoms with Gasteiger partial charge in [-0.1, -0.05) is 30.0 Å². The summed E-state index contributed by atoms with van der Waals surface area (Å²) in [7, 11) is 6.58. The maximum Gasteiger partial charge on any atom is 0.233 e. The summed E-state index contributed by atoms with van der Waals surface area (Å²) in [5.41, 5.74) is 1.71. The van der Waals surface area contributed by atoms with E-state index in [1.807, 2.05) is 30.3 Å². The van der Waals surface area contributed by atoms with E-state index >= 15 is 0 Å². The van der Waals surface area contributed by atoms with Gasteiger partial charge in [0.25, 0.3) is 0 Å². The number of hydrogen-bond acceptors (Lipinski definition) is 8. The molecule has 35 heavy (non-hydrogen) atoms. The molecule has 0 aliphatic carbocycles. The molecule has 2 N–H and O–H groups in total. The molecule has 0 aliphatic rings. The summed E-state index contributed by atoms with van der Waals surface area (Å²) < 4.78 is 17.3. The maximum atomic E-state index is 12.8. The van der Waals surface area contributed by atoms with Crippen LogP contribution in [0.5, 0.6) is 17.2 Å². The Kier molecular flexibility index (Phi) is 7.31. The zero-order valence-corrected chi connectivity index (χ0v) is 20.8. The predicted octanol–water partition coefficient (Wildman–Crippen LogP) is 3.59. The third kappa shape index (κ3) is 5.27. The average molecular weight is 494 g/mol. The molecule has 3 aromatic carbocycles. The molecule has 0 aliphatic heterocycles. The molecule has 1 heterocycles. The van der Waals surface area contributed by atoms with Crippen molar-refractivity contribution >= 4 is 28.4 Å². The molecule has 0 saturated heterocycles. The summed E-state index contributed by atoms with van der Waals surface area (Å²) in [6.45, 7) is 0.491. The largest absolute Gasteiger partial charge is 0.497 e. The van der Waals surface area contributed by atoms with Crippen molar-refractivity contribution in [1.82, 2.24) is 19.8 Å². The Hall–Kier alpha value is -3.92. The van der Waals surface area contributed by atoms with Crippen molar-refractivity contribution in [2.75, 3.05) is 40.0 Å². The lowest BCUT2D eigenvalue weighted by atomic mass is 10.1. The molecule has 0 radical (unpaired) electrons. The van der Waals surface area contributed by atoms with Gasteiger partial charge in [-0.15, -0.1) is 10.2 Å². The standard InChI is InChI=1S/C25H27N5O4S/c1-29(14-16-5-6-18-12-19(32-2)8-7-17(18)11-16)23(31)15-35-25-28-27-24(30(25)26)21-10-9-20(33-3)13-22(21)34-4/h5-13H,14-15,26H2,1-4H3. The van der Waals surface area contributed by atoms with Gasteiger partial charge in [-0.3, -0.25) is 4.79 Å². The first kappa shape index (κ1) is 24.2. The number of aromatic nitrogens is 3.